The Morgan fingerprint density at radius 2 is 1.59 bits per heavy atom. The second kappa shape index (κ2) is 10.1. The molecule has 1 aliphatic heterocycles. The molecule has 0 bridgehead atoms. The van der Waals surface area contributed by atoms with E-state index >= 15 is 0 Å². The van der Waals surface area contributed by atoms with Gasteiger partial charge in [-0.3, -0.25) is 9.69 Å². The number of hydrogen-bond donors (Lipinski definition) is 0. The first-order valence-corrected chi connectivity index (χ1v) is 11.7. The van der Waals surface area contributed by atoms with Crippen molar-refractivity contribution in [3.63, 3.8) is 0 Å². The van der Waals surface area contributed by atoms with Gasteiger partial charge in [0.2, 0.25) is 0 Å². The summed E-state index contributed by atoms with van der Waals surface area (Å²) >= 11 is 1.27. The van der Waals surface area contributed by atoms with Crippen LogP contribution in [0.3, 0.4) is 0 Å². The summed E-state index contributed by atoms with van der Waals surface area (Å²) in [4.78, 5) is 39.9. The number of rotatable bonds is 4. The SMILES string of the molecule is CC(=O)S[C@H]1C[C@@H](c2ccc(CN(C)C(=O)OC(C)(C)C)cc2)N(C(=O)OC(C)(C)C)C1. The summed E-state index contributed by atoms with van der Waals surface area (Å²) in [5.41, 5.74) is 0.797. The maximum Gasteiger partial charge on any atom is 0.410 e. The number of carbonyl (C=O) groups excluding carboxylic acids is 3. The van der Waals surface area contributed by atoms with Crippen molar-refractivity contribution in [2.75, 3.05) is 13.6 Å². The fourth-order valence-electron chi connectivity index (χ4n) is 3.48. The Balaban J connectivity index is 2.14. The molecule has 0 aliphatic carbocycles. The average molecular weight is 465 g/mol. The van der Waals surface area contributed by atoms with Crippen LogP contribution in [0.15, 0.2) is 24.3 Å². The number of ether oxygens (including phenoxy) is 2. The summed E-state index contributed by atoms with van der Waals surface area (Å²) < 4.78 is 11.0. The third kappa shape index (κ3) is 8.04. The summed E-state index contributed by atoms with van der Waals surface area (Å²) in [6.07, 6.45) is -0.0684. The Hall–Kier alpha value is -2.22. The van der Waals surface area contributed by atoms with Crippen molar-refractivity contribution in [2.24, 2.45) is 0 Å². The molecule has 1 fully saturated rings. The summed E-state index contributed by atoms with van der Waals surface area (Å²) in [5.74, 6) is 0. The fraction of sp³-hybridized carbons (Fsp3) is 0.625. The Morgan fingerprint density at radius 1 is 1.03 bits per heavy atom. The molecule has 1 heterocycles. The van der Waals surface area contributed by atoms with E-state index in [0.717, 1.165) is 11.1 Å². The molecule has 2 atom stereocenters. The highest BCUT2D eigenvalue weighted by molar-refractivity contribution is 8.14. The molecule has 2 amide bonds. The van der Waals surface area contributed by atoms with Crippen molar-refractivity contribution in [2.45, 2.75) is 83.9 Å². The molecule has 0 unspecified atom stereocenters. The van der Waals surface area contributed by atoms with Gasteiger partial charge in [-0.1, -0.05) is 36.0 Å². The first-order valence-electron chi connectivity index (χ1n) is 10.8. The van der Waals surface area contributed by atoms with Crippen LogP contribution in [0, 0.1) is 0 Å². The number of carbonyl (C=O) groups is 3. The zero-order valence-electron chi connectivity index (χ0n) is 20.4. The molecule has 8 heteroatoms. The van der Waals surface area contributed by atoms with E-state index in [2.05, 4.69) is 0 Å². The van der Waals surface area contributed by atoms with E-state index in [1.165, 1.54) is 16.7 Å². The van der Waals surface area contributed by atoms with Gasteiger partial charge in [0.05, 0.1) is 6.04 Å². The van der Waals surface area contributed by atoms with Gasteiger partial charge >= 0.3 is 12.2 Å². The smallest absolute Gasteiger partial charge is 0.410 e. The van der Waals surface area contributed by atoms with Gasteiger partial charge in [-0.05, 0) is 59.1 Å². The van der Waals surface area contributed by atoms with E-state index in [1.54, 1.807) is 18.9 Å². The van der Waals surface area contributed by atoms with Crippen LogP contribution in [0.4, 0.5) is 9.59 Å². The van der Waals surface area contributed by atoms with Crippen LogP contribution in [-0.4, -0.2) is 57.1 Å². The molecule has 2 rings (SSSR count). The van der Waals surface area contributed by atoms with E-state index in [-0.39, 0.29) is 28.6 Å². The van der Waals surface area contributed by atoms with Gasteiger partial charge in [0.25, 0.3) is 0 Å². The molecule has 1 aromatic carbocycles. The zero-order chi connectivity index (χ0) is 24.3. The van der Waals surface area contributed by atoms with Gasteiger partial charge in [0.1, 0.15) is 11.2 Å². The van der Waals surface area contributed by atoms with Gasteiger partial charge < -0.3 is 14.4 Å². The molecule has 178 valence electrons. The highest BCUT2D eigenvalue weighted by atomic mass is 32.2. The van der Waals surface area contributed by atoms with Crippen LogP contribution in [0.5, 0.6) is 0 Å². The highest BCUT2D eigenvalue weighted by Gasteiger charge is 2.39. The zero-order valence-corrected chi connectivity index (χ0v) is 21.2. The minimum Gasteiger partial charge on any atom is -0.444 e. The molecule has 1 aromatic rings. The molecule has 7 nitrogen and oxygen atoms in total. The first kappa shape index (κ1) is 26.0. The van der Waals surface area contributed by atoms with Crippen LogP contribution in [-0.2, 0) is 20.8 Å². The predicted molar refractivity (Wildman–Crippen MR) is 127 cm³/mol. The normalized spacial score (nSPS) is 18.9. The fourth-order valence-corrected chi connectivity index (χ4v) is 4.46. The lowest BCUT2D eigenvalue weighted by Crippen LogP contribution is -2.37. The molecule has 0 N–H and O–H groups in total. The van der Waals surface area contributed by atoms with Crippen molar-refractivity contribution in [3.8, 4) is 0 Å². The summed E-state index contributed by atoms with van der Waals surface area (Å²) in [6, 6.07) is 7.69. The number of amides is 2. The standard InChI is InChI=1S/C24H36N2O5S/c1-16(27)32-19-13-20(26(15-19)22(29)31-24(5,6)7)18-11-9-17(10-12-18)14-25(8)21(28)30-23(2,3)4/h9-12,19-20H,13-15H2,1-8H3/t19-,20-/m0/s1. The highest BCUT2D eigenvalue weighted by Crippen LogP contribution is 2.38. The topological polar surface area (TPSA) is 76.2 Å². The lowest BCUT2D eigenvalue weighted by atomic mass is 10.0. The average Bonchev–Trinajstić information content (AvgIpc) is 3.02. The molecule has 0 saturated carbocycles. The Labute approximate surface area is 195 Å². The van der Waals surface area contributed by atoms with Gasteiger partial charge in [-0.15, -0.1) is 0 Å². The number of hydrogen-bond acceptors (Lipinski definition) is 6. The summed E-state index contributed by atoms with van der Waals surface area (Å²) in [5, 5.41) is 0.0725. The number of thioether (sulfide) groups is 1. The lowest BCUT2D eigenvalue weighted by molar-refractivity contribution is -0.109. The minimum absolute atomic E-state index is 0.0306. The second-order valence-electron chi connectivity index (χ2n) is 10.2. The van der Waals surface area contributed by atoms with Gasteiger partial charge in [0.15, 0.2) is 5.12 Å². The van der Waals surface area contributed by atoms with Crippen LogP contribution < -0.4 is 0 Å². The van der Waals surface area contributed by atoms with E-state index in [4.69, 9.17) is 9.47 Å². The lowest BCUT2D eigenvalue weighted by Gasteiger charge is -2.29. The van der Waals surface area contributed by atoms with Crippen LogP contribution in [0.1, 0.15) is 72.1 Å². The molecular weight excluding hydrogens is 428 g/mol. The molecule has 0 spiro atoms. The Bertz CT molecular complexity index is 826. The number of nitrogens with zero attached hydrogens (tertiary/aromatic N) is 2. The van der Waals surface area contributed by atoms with Crippen molar-refractivity contribution in [3.05, 3.63) is 35.4 Å². The van der Waals surface area contributed by atoms with Crippen LogP contribution in [0.2, 0.25) is 0 Å². The predicted octanol–water partition coefficient (Wildman–Crippen LogP) is 5.38. The number of likely N-dealkylation sites (tertiary alicyclic amines) is 1. The van der Waals surface area contributed by atoms with Gasteiger partial charge in [-0.2, -0.15) is 0 Å². The van der Waals surface area contributed by atoms with Crippen molar-refractivity contribution in [1.82, 2.24) is 9.80 Å². The minimum atomic E-state index is -0.594. The molecule has 32 heavy (non-hydrogen) atoms. The van der Waals surface area contributed by atoms with E-state index < -0.39 is 11.2 Å². The van der Waals surface area contributed by atoms with Crippen LogP contribution >= 0.6 is 11.8 Å². The van der Waals surface area contributed by atoms with E-state index in [1.807, 2.05) is 65.8 Å². The van der Waals surface area contributed by atoms with E-state index in [9.17, 15) is 14.4 Å². The maximum absolute atomic E-state index is 12.8. The third-order valence-corrected chi connectivity index (χ3v) is 5.72. The summed E-state index contributed by atoms with van der Waals surface area (Å²) in [6.45, 7) is 13.5. The molecular formula is C24H36N2O5S. The van der Waals surface area contributed by atoms with Crippen molar-refractivity contribution in [1.29, 1.82) is 0 Å². The van der Waals surface area contributed by atoms with Crippen LogP contribution in [0.25, 0.3) is 0 Å². The molecule has 1 saturated heterocycles. The Kier molecular flexibility index (Phi) is 8.26. The van der Waals surface area contributed by atoms with Gasteiger partial charge in [0, 0.05) is 32.3 Å². The Morgan fingerprint density at radius 3 is 2.09 bits per heavy atom. The maximum atomic E-state index is 12.8. The monoisotopic (exact) mass is 464 g/mol. The largest absolute Gasteiger partial charge is 0.444 e. The van der Waals surface area contributed by atoms with E-state index in [0.29, 0.717) is 19.5 Å². The van der Waals surface area contributed by atoms with Crippen molar-refractivity contribution >= 4 is 29.1 Å². The van der Waals surface area contributed by atoms with Gasteiger partial charge in [-0.25, -0.2) is 9.59 Å². The third-order valence-electron chi connectivity index (χ3n) is 4.71. The molecule has 0 radical (unpaired) electrons. The quantitative estimate of drug-likeness (QED) is 0.595. The number of benzene rings is 1. The molecule has 1 aliphatic rings. The second-order valence-corrected chi connectivity index (χ2v) is 11.7. The summed E-state index contributed by atoms with van der Waals surface area (Å²) in [7, 11) is 1.70. The van der Waals surface area contributed by atoms with Crippen molar-refractivity contribution < 1.29 is 23.9 Å². The molecule has 0 aromatic heterocycles. The first-order chi connectivity index (χ1) is 14.6.